The zero-order valence-electron chi connectivity index (χ0n) is 14.8. The van der Waals surface area contributed by atoms with Crippen LogP contribution in [0.5, 0.6) is 0 Å². The number of rotatable bonds is 6. The van der Waals surface area contributed by atoms with E-state index in [0.29, 0.717) is 5.56 Å². The van der Waals surface area contributed by atoms with Crippen LogP contribution in [-0.2, 0) is 4.79 Å². The molecule has 7 nitrogen and oxygen atoms in total. The van der Waals surface area contributed by atoms with Gasteiger partial charge in [0.1, 0.15) is 17.3 Å². The van der Waals surface area contributed by atoms with Crippen molar-refractivity contribution in [2.45, 2.75) is 12.5 Å². The summed E-state index contributed by atoms with van der Waals surface area (Å²) in [4.78, 5) is 24.0. The molecule has 0 saturated heterocycles. The normalized spacial score (nSPS) is 11.8. The summed E-state index contributed by atoms with van der Waals surface area (Å²) in [6.45, 7) is 0. The number of carbonyl (C=O) groups is 2. The van der Waals surface area contributed by atoms with Crippen LogP contribution < -0.4 is 11.1 Å². The molecular weight excluding hydrogens is 422 g/mol. The fourth-order valence-electron chi connectivity index (χ4n) is 2.76. The number of carbonyl (C=O) groups excluding carboxylic acids is 1. The van der Waals surface area contributed by atoms with Gasteiger partial charge in [-0.3, -0.25) is 9.59 Å². The number of benzene rings is 2. The van der Waals surface area contributed by atoms with Crippen molar-refractivity contribution in [2.75, 3.05) is 5.73 Å². The average molecular weight is 437 g/mol. The largest absolute Gasteiger partial charge is 0.481 e. The molecule has 10 heteroatoms. The van der Waals surface area contributed by atoms with Gasteiger partial charge in [0.15, 0.2) is 5.69 Å². The molecule has 150 valence electrons. The third-order valence-corrected chi connectivity index (χ3v) is 4.92. The number of aliphatic carboxylic acids is 1. The maximum absolute atomic E-state index is 14.0. The highest BCUT2D eigenvalue weighted by Gasteiger charge is 2.24. The van der Waals surface area contributed by atoms with Gasteiger partial charge in [-0.25, -0.2) is 9.07 Å². The third-order valence-electron chi connectivity index (χ3n) is 4.09. The molecule has 1 atom stereocenters. The Hall–Kier alpha value is -3.10. The molecule has 0 bridgehead atoms. The smallest absolute Gasteiger partial charge is 0.305 e. The van der Waals surface area contributed by atoms with Crippen molar-refractivity contribution in [1.82, 2.24) is 15.1 Å². The van der Waals surface area contributed by atoms with Gasteiger partial charge >= 0.3 is 5.97 Å². The molecule has 0 radical (unpaired) electrons. The molecule has 1 amide bonds. The van der Waals surface area contributed by atoms with Gasteiger partial charge in [-0.15, -0.1) is 0 Å². The van der Waals surface area contributed by atoms with Gasteiger partial charge in [0, 0.05) is 6.07 Å². The highest BCUT2D eigenvalue weighted by molar-refractivity contribution is 6.42. The molecule has 29 heavy (non-hydrogen) atoms. The molecule has 3 rings (SSSR count). The summed E-state index contributed by atoms with van der Waals surface area (Å²) in [5, 5.41) is 16.2. The van der Waals surface area contributed by atoms with Crippen LogP contribution in [0.1, 0.15) is 28.5 Å². The van der Waals surface area contributed by atoms with Gasteiger partial charge in [0.05, 0.1) is 22.5 Å². The van der Waals surface area contributed by atoms with Crippen molar-refractivity contribution in [3.8, 4) is 5.69 Å². The lowest BCUT2D eigenvalue weighted by atomic mass is 10.0. The molecule has 0 aliphatic rings. The summed E-state index contributed by atoms with van der Waals surface area (Å²) in [7, 11) is 0. The molecule has 0 aliphatic heterocycles. The summed E-state index contributed by atoms with van der Waals surface area (Å²) in [6.07, 6.45) is -0.435. The van der Waals surface area contributed by atoms with Crippen LogP contribution in [0.3, 0.4) is 0 Å². The fraction of sp³-hybridized carbons (Fsp3) is 0.105. The van der Waals surface area contributed by atoms with Crippen molar-refractivity contribution in [2.24, 2.45) is 0 Å². The number of nitrogen functional groups attached to an aromatic ring is 1. The van der Waals surface area contributed by atoms with Crippen LogP contribution in [0.4, 0.5) is 10.2 Å². The molecule has 0 unspecified atom stereocenters. The lowest BCUT2D eigenvalue weighted by molar-refractivity contribution is -0.137. The van der Waals surface area contributed by atoms with Crippen LogP contribution in [-0.4, -0.2) is 26.8 Å². The highest BCUT2D eigenvalue weighted by Crippen LogP contribution is 2.31. The van der Waals surface area contributed by atoms with Gasteiger partial charge < -0.3 is 16.2 Å². The van der Waals surface area contributed by atoms with E-state index in [1.807, 2.05) is 0 Å². The molecule has 0 spiro atoms. The van der Waals surface area contributed by atoms with E-state index in [1.165, 1.54) is 24.3 Å². The fourth-order valence-corrected chi connectivity index (χ4v) is 3.20. The number of carboxylic acids is 1. The quantitative estimate of drug-likeness (QED) is 0.543. The Labute approximate surface area is 174 Å². The molecule has 4 N–H and O–H groups in total. The molecule has 1 heterocycles. The van der Waals surface area contributed by atoms with E-state index < -0.39 is 30.2 Å². The SMILES string of the molecule is Nc1cc(C(=O)N[C@@H](CC(=O)O)c2cccc(Cl)c2Cl)nn1-c1ccccc1F. The topological polar surface area (TPSA) is 110 Å². The predicted molar refractivity (Wildman–Crippen MR) is 107 cm³/mol. The summed E-state index contributed by atoms with van der Waals surface area (Å²) in [5.41, 5.74) is 6.17. The maximum atomic E-state index is 14.0. The van der Waals surface area contributed by atoms with E-state index in [0.717, 1.165) is 4.68 Å². The van der Waals surface area contributed by atoms with E-state index in [1.54, 1.807) is 24.3 Å². The van der Waals surface area contributed by atoms with Crippen LogP contribution in [0.2, 0.25) is 10.0 Å². The lowest BCUT2D eigenvalue weighted by Crippen LogP contribution is -2.30. The average Bonchev–Trinajstić information content (AvgIpc) is 3.05. The van der Waals surface area contributed by atoms with Crippen molar-refractivity contribution in [1.29, 1.82) is 0 Å². The third kappa shape index (κ3) is 4.49. The number of nitrogens with zero attached hydrogens (tertiary/aromatic N) is 2. The Morgan fingerprint density at radius 2 is 1.93 bits per heavy atom. The number of nitrogens with one attached hydrogen (secondary N) is 1. The van der Waals surface area contributed by atoms with Crippen LogP contribution >= 0.6 is 23.2 Å². The van der Waals surface area contributed by atoms with Gasteiger partial charge in [0.25, 0.3) is 5.91 Å². The van der Waals surface area contributed by atoms with Crippen LogP contribution in [0.15, 0.2) is 48.5 Å². The number of amides is 1. The van der Waals surface area contributed by atoms with Gasteiger partial charge in [-0.05, 0) is 23.8 Å². The van der Waals surface area contributed by atoms with E-state index in [2.05, 4.69) is 10.4 Å². The molecule has 3 aromatic rings. The van der Waals surface area contributed by atoms with Crippen molar-refractivity contribution in [3.05, 3.63) is 75.7 Å². The van der Waals surface area contributed by atoms with E-state index in [4.69, 9.17) is 28.9 Å². The summed E-state index contributed by atoms with van der Waals surface area (Å²) in [6, 6.07) is 10.8. The second kappa shape index (κ2) is 8.50. The number of carboxylic acid groups (broad SMARTS) is 1. The van der Waals surface area contributed by atoms with Crippen LogP contribution in [0, 0.1) is 5.82 Å². The monoisotopic (exact) mass is 436 g/mol. The minimum Gasteiger partial charge on any atom is -0.481 e. The van der Waals surface area contributed by atoms with Crippen LogP contribution in [0.25, 0.3) is 5.69 Å². The van der Waals surface area contributed by atoms with Crippen molar-refractivity contribution in [3.63, 3.8) is 0 Å². The number of nitrogens with two attached hydrogens (primary N) is 1. The van der Waals surface area contributed by atoms with Gasteiger partial charge in [-0.1, -0.05) is 47.5 Å². The summed E-state index contributed by atoms with van der Waals surface area (Å²) >= 11 is 12.2. The Morgan fingerprint density at radius 1 is 1.21 bits per heavy atom. The Morgan fingerprint density at radius 3 is 2.62 bits per heavy atom. The zero-order chi connectivity index (χ0) is 21.1. The Balaban J connectivity index is 1.91. The first-order valence-electron chi connectivity index (χ1n) is 8.35. The molecule has 2 aromatic carbocycles. The second-order valence-corrected chi connectivity index (χ2v) is 6.87. The van der Waals surface area contributed by atoms with E-state index in [-0.39, 0.29) is 27.2 Å². The number of hydrogen-bond donors (Lipinski definition) is 3. The second-order valence-electron chi connectivity index (χ2n) is 6.08. The number of anilines is 1. The Bertz CT molecular complexity index is 1090. The molecule has 1 aromatic heterocycles. The van der Waals surface area contributed by atoms with Crippen molar-refractivity contribution < 1.29 is 19.1 Å². The number of para-hydroxylation sites is 1. The Kier molecular flexibility index (Phi) is 6.05. The minimum absolute atomic E-state index is 0.0378. The standard InChI is InChI=1S/C19H15Cl2FN4O3/c20-11-5-3-4-10(18(11)21)13(9-17(27)28)24-19(29)14-8-16(23)26(25-14)15-7-2-1-6-12(15)22/h1-8,13H,9,23H2,(H,24,29)(H,27,28)/t13-/m0/s1. The van der Waals surface area contributed by atoms with E-state index >= 15 is 0 Å². The minimum atomic E-state index is -1.15. The number of halogens is 3. The first-order valence-corrected chi connectivity index (χ1v) is 9.10. The van der Waals surface area contributed by atoms with Gasteiger partial charge in [-0.2, -0.15) is 5.10 Å². The first-order chi connectivity index (χ1) is 13.8. The van der Waals surface area contributed by atoms with Crippen molar-refractivity contribution >= 4 is 40.9 Å². The zero-order valence-corrected chi connectivity index (χ0v) is 16.3. The molecular formula is C19H15Cl2FN4O3. The molecule has 0 fully saturated rings. The lowest BCUT2D eigenvalue weighted by Gasteiger charge is -2.18. The highest BCUT2D eigenvalue weighted by atomic mass is 35.5. The number of hydrogen-bond acceptors (Lipinski definition) is 4. The summed E-state index contributed by atoms with van der Waals surface area (Å²) in [5.74, 6) is -2.38. The maximum Gasteiger partial charge on any atom is 0.305 e. The molecule has 0 saturated carbocycles. The summed E-state index contributed by atoms with van der Waals surface area (Å²) < 4.78 is 15.1. The first kappa shape index (κ1) is 20.6. The predicted octanol–water partition coefficient (Wildman–Crippen LogP) is 3.85. The molecule has 0 aliphatic carbocycles. The van der Waals surface area contributed by atoms with Gasteiger partial charge in [0.2, 0.25) is 0 Å². The number of aromatic nitrogens is 2. The van der Waals surface area contributed by atoms with E-state index in [9.17, 15) is 19.1 Å².